The number of rotatable bonds is 2. The lowest BCUT2D eigenvalue weighted by molar-refractivity contribution is -0.151. The summed E-state index contributed by atoms with van der Waals surface area (Å²) in [5.41, 5.74) is -0.751. The standard InChI is InChI=1S/C16H26F2N2O4/c1-10-12(6-8-23-10)19-13(21)11-5-7-20(9-16(11,17)18)14(22)24-15(2,3)4/h10-12H,5-9H2,1-4H3,(H,19,21). The van der Waals surface area contributed by atoms with E-state index >= 15 is 0 Å². The molecular weight excluding hydrogens is 322 g/mol. The lowest BCUT2D eigenvalue weighted by Crippen LogP contribution is -2.57. The normalized spacial score (nSPS) is 30.1. The molecule has 0 saturated carbocycles. The summed E-state index contributed by atoms with van der Waals surface area (Å²) in [6.45, 7) is 6.60. The average molecular weight is 348 g/mol. The Morgan fingerprint density at radius 1 is 1.29 bits per heavy atom. The van der Waals surface area contributed by atoms with Crippen LogP contribution in [0.15, 0.2) is 0 Å². The minimum atomic E-state index is -3.29. The van der Waals surface area contributed by atoms with Crippen LogP contribution in [-0.2, 0) is 14.3 Å². The van der Waals surface area contributed by atoms with Crippen molar-refractivity contribution in [1.82, 2.24) is 10.2 Å². The molecule has 2 amide bonds. The number of carbonyl (C=O) groups is 2. The number of carbonyl (C=O) groups excluding carboxylic acids is 2. The van der Waals surface area contributed by atoms with Crippen LogP contribution in [0.4, 0.5) is 13.6 Å². The second-order valence-corrected chi connectivity index (χ2v) is 7.48. The lowest BCUT2D eigenvalue weighted by atomic mass is 9.91. The van der Waals surface area contributed by atoms with Gasteiger partial charge < -0.3 is 19.7 Å². The van der Waals surface area contributed by atoms with E-state index in [2.05, 4.69) is 5.32 Å². The van der Waals surface area contributed by atoms with Gasteiger partial charge in [0.2, 0.25) is 5.91 Å². The van der Waals surface area contributed by atoms with E-state index < -0.39 is 36.0 Å². The van der Waals surface area contributed by atoms with E-state index in [0.717, 1.165) is 4.90 Å². The lowest BCUT2D eigenvalue weighted by Gasteiger charge is -2.38. The first kappa shape index (κ1) is 18.9. The molecule has 138 valence electrons. The highest BCUT2D eigenvalue weighted by Gasteiger charge is 2.50. The summed E-state index contributed by atoms with van der Waals surface area (Å²) in [6.07, 6.45) is -0.432. The fourth-order valence-corrected chi connectivity index (χ4v) is 2.95. The molecule has 0 spiro atoms. The molecule has 0 aromatic carbocycles. The predicted octanol–water partition coefficient (Wildman–Crippen LogP) is 2.17. The number of amides is 2. The maximum atomic E-state index is 14.4. The third kappa shape index (κ3) is 4.55. The molecule has 2 heterocycles. The molecule has 2 aliphatic heterocycles. The number of hydrogen-bond acceptors (Lipinski definition) is 4. The number of likely N-dealkylation sites (tertiary alicyclic amines) is 1. The molecule has 0 radical (unpaired) electrons. The maximum absolute atomic E-state index is 14.4. The van der Waals surface area contributed by atoms with Crippen molar-refractivity contribution in [2.75, 3.05) is 19.7 Å². The van der Waals surface area contributed by atoms with Crippen molar-refractivity contribution < 1.29 is 27.8 Å². The van der Waals surface area contributed by atoms with Crippen LogP contribution in [0.2, 0.25) is 0 Å². The number of halogens is 2. The molecule has 0 aliphatic carbocycles. The molecular formula is C16H26F2N2O4. The van der Waals surface area contributed by atoms with E-state index in [4.69, 9.17) is 9.47 Å². The largest absolute Gasteiger partial charge is 0.444 e. The Labute approximate surface area is 140 Å². The first-order chi connectivity index (χ1) is 11.0. The Morgan fingerprint density at radius 3 is 2.46 bits per heavy atom. The Bertz CT molecular complexity index is 493. The predicted molar refractivity (Wildman–Crippen MR) is 82.8 cm³/mol. The van der Waals surface area contributed by atoms with Crippen molar-refractivity contribution in [2.24, 2.45) is 5.92 Å². The monoisotopic (exact) mass is 348 g/mol. The van der Waals surface area contributed by atoms with Crippen molar-refractivity contribution in [1.29, 1.82) is 0 Å². The van der Waals surface area contributed by atoms with Gasteiger partial charge in [-0.15, -0.1) is 0 Å². The van der Waals surface area contributed by atoms with E-state index in [1.165, 1.54) is 0 Å². The zero-order valence-electron chi connectivity index (χ0n) is 14.6. The van der Waals surface area contributed by atoms with Crippen molar-refractivity contribution in [3.63, 3.8) is 0 Å². The van der Waals surface area contributed by atoms with E-state index in [-0.39, 0.29) is 25.1 Å². The highest BCUT2D eigenvalue weighted by Crippen LogP contribution is 2.34. The Kier molecular flexibility index (Phi) is 5.37. The van der Waals surface area contributed by atoms with Gasteiger partial charge in [0.25, 0.3) is 5.92 Å². The van der Waals surface area contributed by atoms with Crippen LogP contribution in [0.5, 0.6) is 0 Å². The van der Waals surface area contributed by atoms with Crippen LogP contribution >= 0.6 is 0 Å². The molecule has 3 atom stereocenters. The molecule has 8 heteroatoms. The van der Waals surface area contributed by atoms with Gasteiger partial charge in [-0.2, -0.15) is 0 Å². The van der Waals surface area contributed by atoms with E-state index in [1.807, 2.05) is 0 Å². The van der Waals surface area contributed by atoms with Gasteiger partial charge in [-0.25, -0.2) is 13.6 Å². The molecule has 6 nitrogen and oxygen atoms in total. The van der Waals surface area contributed by atoms with Gasteiger partial charge in [0.05, 0.1) is 18.7 Å². The van der Waals surface area contributed by atoms with Gasteiger partial charge in [-0.05, 0) is 40.5 Å². The smallest absolute Gasteiger partial charge is 0.410 e. The van der Waals surface area contributed by atoms with E-state index in [1.54, 1.807) is 27.7 Å². The molecule has 2 saturated heterocycles. The number of nitrogens with one attached hydrogen (secondary N) is 1. The molecule has 1 N–H and O–H groups in total. The number of nitrogens with zero attached hydrogens (tertiary/aromatic N) is 1. The van der Waals surface area contributed by atoms with Crippen LogP contribution in [0.1, 0.15) is 40.5 Å². The molecule has 0 aromatic heterocycles. The number of alkyl halides is 2. The number of ether oxygens (including phenoxy) is 2. The molecule has 0 bridgehead atoms. The fraction of sp³-hybridized carbons (Fsp3) is 0.875. The van der Waals surface area contributed by atoms with Crippen LogP contribution in [0, 0.1) is 5.92 Å². The SMILES string of the molecule is CC1OCCC1NC(=O)C1CCN(C(=O)OC(C)(C)C)CC1(F)F. The summed E-state index contributed by atoms with van der Waals surface area (Å²) in [5.74, 6) is -5.41. The Balaban J connectivity index is 1.95. The summed E-state index contributed by atoms with van der Waals surface area (Å²) in [6, 6.07) is -0.239. The summed E-state index contributed by atoms with van der Waals surface area (Å²) in [4.78, 5) is 25.2. The van der Waals surface area contributed by atoms with Gasteiger partial charge in [-0.1, -0.05) is 0 Å². The second-order valence-electron chi connectivity index (χ2n) is 7.48. The highest BCUT2D eigenvalue weighted by atomic mass is 19.3. The van der Waals surface area contributed by atoms with Gasteiger partial charge in [0.15, 0.2) is 0 Å². The summed E-state index contributed by atoms with van der Waals surface area (Å²) < 4.78 is 39.2. The summed E-state index contributed by atoms with van der Waals surface area (Å²) in [5, 5.41) is 2.66. The van der Waals surface area contributed by atoms with E-state index in [0.29, 0.717) is 13.0 Å². The van der Waals surface area contributed by atoms with Gasteiger partial charge in [0, 0.05) is 13.2 Å². The zero-order chi connectivity index (χ0) is 18.1. The third-order valence-electron chi connectivity index (χ3n) is 4.27. The topological polar surface area (TPSA) is 67.9 Å². The Hall–Kier alpha value is -1.44. The highest BCUT2D eigenvalue weighted by molar-refractivity contribution is 5.80. The first-order valence-corrected chi connectivity index (χ1v) is 8.27. The minimum Gasteiger partial charge on any atom is -0.444 e. The van der Waals surface area contributed by atoms with Crippen molar-refractivity contribution in [3.8, 4) is 0 Å². The van der Waals surface area contributed by atoms with Crippen molar-refractivity contribution in [2.45, 2.75) is 64.2 Å². The summed E-state index contributed by atoms with van der Waals surface area (Å²) >= 11 is 0. The fourth-order valence-electron chi connectivity index (χ4n) is 2.95. The number of hydrogen-bond donors (Lipinski definition) is 1. The second kappa shape index (κ2) is 6.82. The molecule has 2 aliphatic rings. The molecule has 3 unspecified atom stereocenters. The Morgan fingerprint density at radius 2 is 1.96 bits per heavy atom. The van der Waals surface area contributed by atoms with Gasteiger partial charge in [0.1, 0.15) is 11.5 Å². The van der Waals surface area contributed by atoms with Crippen molar-refractivity contribution >= 4 is 12.0 Å². The first-order valence-electron chi connectivity index (χ1n) is 8.27. The average Bonchev–Trinajstić information content (AvgIpc) is 2.81. The maximum Gasteiger partial charge on any atom is 0.410 e. The van der Waals surface area contributed by atoms with E-state index in [9.17, 15) is 18.4 Å². The molecule has 2 rings (SSSR count). The zero-order valence-corrected chi connectivity index (χ0v) is 14.6. The molecule has 0 aromatic rings. The summed E-state index contributed by atoms with van der Waals surface area (Å²) in [7, 11) is 0. The van der Waals surface area contributed by atoms with Crippen LogP contribution in [0.3, 0.4) is 0 Å². The minimum absolute atomic E-state index is 0.0688. The number of piperidine rings is 1. The van der Waals surface area contributed by atoms with Crippen LogP contribution in [-0.4, -0.2) is 60.3 Å². The molecule has 24 heavy (non-hydrogen) atoms. The third-order valence-corrected chi connectivity index (χ3v) is 4.27. The quantitative estimate of drug-likeness (QED) is 0.830. The van der Waals surface area contributed by atoms with Gasteiger partial charge >= 0.3 is 6.09 Å². The molecule has 2 fully saturated rings. The van der Waals surface area contributed by atoms with Crippen LogP contribution < -0.4 is 5.32 Å². The van der Waals surface area contributed by atoms with Crippen molar-refractivity contribution in [3.05, 3.63) is 0 Å². The van der Waals surface area contributed by atoms with Gasteiger partial charge in [-0.3, -0.25) is 4.79 Å². The van der Waals surface area contributed by atoms with Crippen LogP contribution in [0.25, 0.3) is 0 Å².